The summed E-state index contributed by atoms with van der Waals surface area (Å²) in [5.41, 5.74) is 3.10. The first-order valence-corrected chi connectivity index (χ1v) is 9.59. The van der Waals surface area contributed by atoms with Gasteiger partial charge < -0.3 is 4.98 Å². The molecule has 0 bridgehead atoms. The lowest BCUT2D eigenvalue weighted by Crippen LogP contribution is -2.34. The monoisotopic (exact) mass is 426 g/mol. The van der Waals surface area contributed by atoms with Gasteiger partial charge in [-0.05, 0) is 37.8 Å². The number of aryl methyl sites for hydroxylation is 2. The maximum atomic E-state index is 12.1. The van der Waals surface area contributed by atoms with Crippen LogP contribution >= 0.6 is 12.4 Å². The molecule has 7 nitrogen and oxygen atoms in total. The van der Waals surface area contributed by atoms with Crippen molar-refractivity contribution >= 4 is 39.2 Å². The Balaban J connectivity index is 0.00000261. The molecule has 0 saturated heterocycles. The summed E-state index contributed by atoms with van der Waals surface area (Å²) in [5.74, 6) is -1.88. The van der Waals surface area contributed by atoms with Gasteiger partial charge in [0.05, 0.1) is 5.69 Å². The molecule has 150 valence electrons. The van der Waals surface area contributed by atoms with Crippen LogP contribution in [0.25, 0.3) is 16.8 Å². The van der Waals surface area contributed by atoms with Crippen LogP contribution in [0, 0.1) is 6.92 Å². The molecule has 2 N–H and O–H groups in total. The van der Waals surface area contributed by atoms with Gasteiger partial charge in [-0.15, -0.1) is 12.4 Å². The SMILES string of the molecule is Cc1nc2c(CCCCNS(=O)(=O)CC(F)(F)F)ccc3[nH]c(=O)c1n32.Cl. The van der Waals surface area contributed by atoms with E-state index in [0.717, 1.165) is 5.56 Å². The Morgan fingerprint density at radius 2 is 1.96 bits per heavy atom. The van der Waals surface area contributed by atoms with Gasteiger partial charge in [0.25, 0.3) is 5.56 Å². The van der Waals surface area contributed by atoms with Crippen LogP contribution in [0.15, 0.2) is 16.9 Å². The van der Waals surface area contributed by atoms with E-state index in [1.807, 2.05) is 10.8 Å². The third-order valence-corrected chi connectivity index (χ3v) is 5.38. The number of alkyl halides is 3. The second-order valence-electron chi connectivity index (χ2n) is 6.13. The molecule has 0 amide bonds. The average Bonchev–Trinajstić information content (AvgIpc) is 3.00. The molecule has 27 heavy (non-hydrogen) atoms. The van der Waals surface area contributed by atoms with Crippen LogP contribution in [0.3, 0.4) is 0 Å². The fourth-order valence-electron chi connectivity index (χ4n) is 2.98. The van der Waals surface area contributed by atoms with Crippen LogP contribution in [0.2, 0.25) is 0 Å². The second kappa shape index (κ2) is 7.64. The van der Waals surface area contributed by atoms with E-state index in [1.165, 1.54) is 0 Å². The Morgan fingerprint density at radius 3 is 2.63 bits per heavy atom. The lowest BCUT2D eigenvalue weighted by atomic mass is 10.1. The number of halogens is 4. The first-order valence-electron chi connectivity index (χ1n) is 7.94. The Morgan fingerprint density at radius 1 is 1.26 bits per heavy atom. The number of sulfonamides is 1. The fraction of sp³-hybridized carbons (Fsp3) is 0.467. The van der Waals surface area contributed by atoms with E-state index in [4.69, 9.17) is 0 Å². The van der Waals surface area contributed by atoms with Crippen LogP contribution in [-0.4, -0.2) is 41.3 Å². The number of pyridine rings is 1. The van der Waals surface area contributed by atoms with Gasteiger partial charge in [-0.1, -0.05) is 6.07 Å². The number of rotatable bonds is 7. The molecule has 0 spiro atoms. The molecular formula is C15H18ClF3N4O3S. The number of imidazole rings is 2. The average molecular weight is 427 g/mol. The van der Waals surface area contributed by atoms with E-state index in [0.29, 0.717) is 41.8 Å². The molecule has 0 unspecified atom stereocenters. The van der Waals surface area contributed by atoms with Crippen molar-refractivity contribution in [1.82, 2.24) is 19.1 Å². The highest BCUT2D eigenvalue weighted by Crippen LogP contribution is 2.20. The summed E-state index contributed by atoms with van der Waals surface area (Å²) in [6.07, 6.45) is -3.25. The summed E-state index contributed by atoms with van der Waals surface area (Å²) in [7, 11) is -4.36. The number of unbranched alkanes of at least 4 members (excludes halogenated alkanes) is 1. The van der Waals surface area contributed by atoms with Crippen molar-refractivity contribution in [2.45, 2.75) is 32.4 Å². The number of nitrogens with zero attached hydrogens (tertiary/aromatic N) is 2. The normalized spacial score (nSPS) is 12.7. The minimum absolute atomic E-state index is 0. The molecule has 3 aromatic rings. The summed E-state index contributed by atoms with van der Waals surface area (Å²) in [5, 5.41) is 0. The minimum Gasteiger partial charge on any atom is -0.306 e. The van der Waals surface area contributed by atoms with Crippen molar-refractivity contribution in [2.24, 2.45) is 0 Å². The highest BCUT2D eigenvalue weighted by molar-refractivity contribution is 7.89. The zero-order valence-corrected chi connectivity index (χ0v) is 15.9. The predicted octanol–water partition coefficient (Wildman–Crippen LogP) is 2.15. The summed E-state index contributed by atoms with van der Waals surface area (Å²) < 4.78 is 62.7. The van der Waals surface area contributed by atoms with E-state index in [9.17, 15) is 26.4 Å². The van der Waals surface area contributed by atoms with Crippen LogP contribution < -0.4 is 10.3 Å². The molecule has 3 aromatic heterocycles. The summed E-state index contributed by atoms with van der Waals surface area (Å²) >= 11 is 0. The number of nitrogens with one attached hydrogen (secondary N) is 2. The van der Waals surface area contributed by atoms with E-state index in [1.54, 1.807) is 17.4 Å². The van der Waals surface area contributed by atoms with E-state index in [-0.39, 0.29) is 24.5 Å². The second-order valence-corrected chi connectivity index (χ2v) is 7.94. The molecule has 0 aromatic carbocycles. The van der Waals surface area contributed by atoms with E-state index >= 15 is 0 Å². The highest BCUT2D eigenvalue weighted by Gasteiger charge is 2.34. The first-order chi connectivity index (χ1) is 12.1. The smallest absolute Gasteiger partial charge is 0.306 e. The third kappa shape index (κ3) is 4.71. The molecule has 0 atom stereocenters. The number of aromatic nitrogens is 3. The standard InChI is InChI=1S/C15H17F3N4O3S.ClH/c1-9-12-14(23)21-11-6-5-10(13(20-9)22(11)12)4-2-3-7-19-26(24,25)8-15(16,17)18;/h5-6,19H,2-4,7-8H2,1H3,(H,21,23);1H. The van der Waals surface area contributed by atoms with Crippen LogP contribution in [-0.2, 0) is 16.4 Å². The summed E-state index contributed by atoms with van der Waals surface area (Å²) in [6, 6.07) is 3.60. The van der Waals surface area contributed by atoms with Gasteiger partial charge in [0.2, 0.25) is 10.0 Å². The van der Waals surface area contributed by atoms with Crippen molar-refractivity contribution in [3.63, 3.8) is 0 Å². The topological polar surface area (TPSA) is 96.3 Å². The van der Waals surface area contributed by atoms with Crippen LogP contribution in [0.1, 0.15) is 24.1 Å². The van der Waals surface area contributed by atoms with Gasteiger partial charge in [0.1, 0.15) is 16.8 Å². The highest BCUT2D eigenvalue weighted by atomic mass is 35.5. The largest absolute Gasteiger partial charge is 0.404 e. The van der Waals surface area contributed by atoms with E-state index < -0.39 is 22.0 Å². The van der Waals surface area contributed by atoms with Crippen molar-refractivity contribution in [2.75, 3.05) is 12.3 Å². The lowest BCUT2D eigenvalue weighted by molar-refractivity contribution is -0.106. The van der Waals surface area contributed by atoms with Gasteiger partial charge in [-0.3, -0.25) is 9.20 Å². The molecule has 3 rings (SSSR count). The maximum absolute atomic E-state index is 12.1. The lowest BCUT2D eigenvalue weighted by Gasteiger charge is -2.09. The minimum atomic E-state index is -4.76. The zero-order chi connectivity index (χ0) is 19.1. The Kier molecular flexibility index (Phi) is 6.07. The van der Waals surface area contributed by atoms with Gasteiger partial charge in [-0.25, -0.2) is 18.1 Å². The summed E-state index contributed by atoms with van der Waals surface area (Å²) in [4.78, 5) is 19.1. The molecule has 0 saturated carbocycles. The van der Waals surface area contributed by atoms with E-state index in [2.05, 4.69) is 9.97 Å². The zero-order valence-electron chi connectivity index (χ0n) is 14.3. The fourth-order valence-corrected chi connectivity index (χ4v) is 3.97. The molecule has 0 radical (unpaired) electrons. The molecule has 0 aliphatic rings. The summed E-state index contributed by atoms with van der Waals surface area (Å²) in [6.45, 7) is 1.68. The van der Waals surface area contributed by atoms with Gasteiger partial charge in [0, 0.05) is 6.54 Å². The first kappa shape index (κ1) is 21.5. The van der Waals surface area contributed by atoms with Crippen molar-refractivity contribution in [3.05, 3.63) is 33.7 Å². The maximum Gasteiger partial charge on any atom is 0.404 e. The molecule has 0 aliphatic heterocycles. The van der Waals surface area contributed by atoms with Crippen molar-refractivity contribution in [1.29, 1.82) is 0 Å². The number of aromatic amines is 1. The number of hydrogen-bond acceptors (Lipinski definition) is 4. The molecular weight excluding hydrogens is 409 g/mol. The van der Waals surface area contributed by atoms with Crippen LogP contribution in [0.4, 0.5) is 13.2 Å². The molecule has 0 aliphatic carbocycles. The van der Waals surface area contributed by atoms with Crippen molar-refractivity contribution in [3.8, 4) is 0 Å². The van der Waals surface area contributed by atoms with Crippen molar-refractivity contribution < 1.29 is 21.6 Å². The number of H-pyrrole nitrogens is 1. The quantitative estimate of drug-likeness (QED) is 0.566. The van der Waals surface area contributed by atoms with Gasteiger partial charge >= 0.3 is 6.18 Å². The Labute approximate surface area is 158 Å². The third-order valence-electron chi connectivity index (χ3n) is 4.03. The molecule has 12 heteroatoms. The van der Waals surface area contributed by atoms with Gasteiger partial charge in [-0.2, -0.15) is 13.2 Å². The Bertz CT molecular complexity index is 1090. The van der Waals surface area contributed by atoms with Crippen LogP contribution in [0.5, 0.6) is 0 Å². The Hall–Kier alpha value is -1.85. The predicted molar refractivity (Wildman–Crippen MR) is 97.3 cm³/mol. The molecule has 3 heterocycles. The van der Waals surface area contributed by atoms with Gasteiger partial charge in [0.15, 0.2) is 5.75 Å². The molecule has 0 fully saturated rings. The number of hydrogen-bond donors (Lipinski definition) is 2.